The summed E-state index contributed by atoms with van der Waals surface area (Å²) in [5.74, 6) is 1.09. The summed E-state index contributed by atoms with van der Waals surface area (Å²) in [5.41, 5.74) is 0. The van der Waals surface area contributed by atoms with E-state index in [4.69, 9.17) is 11.6 Å². The molecule has 3 heteroatoms. The minimum atomic E-state index is 0.190. The Morgan fingerprint density at radius 3 is 2.77 bits per heavy atom. The Bertz CT molecular complexity index is 327. The average Bonchev–Trinajstić information content (AvgIpc) is 2.87. The summed E-state index contributed by atoms with van der Waals surface area (Å²) in [7, 11) is 0. The summed E-state index contributed by atoms with van der Waals surface area (Å²) in [6.45, 7) is 2.02. The second-order valence-electron chi connectivity index (χ2n) is 3.59. The topological polar surface area (TPSA) is 17.1 Å². The van der Waals surface area contributed by atoms with Crippen LogP contribution in [-0.2, 0) is 0 Å². The molecule has 0 saturated heterocycles. The van der Waals surface area contributed by atoms with E-state index in [1.807, 2.05) is 13.0 Å². The molecule has 1 saturated carbocycles. The number of carbonyl (C=O) groups is 1. The van der Waals surface area contributed by atoms with Crippen LogP contribution in [0.25, 0.3) is 0 Å². The molecule has 0 spiro atoms. The third kappa shape index (κ3) is 1.94. The van der Waals surface area contributed by atoms with Crippen LogP contribution in [0.3, 0.4) is 0 Å². The van der Waals surface area contributed by atoms with Gasteiger partial charge in [-0.3, -0.25) is 4.79 Å². The van der Waals surface area contributed by atoms with Crippen LogP contribution in [0.2, 0.25) is 4.34 Å². The molecule has 70 valence electrons. The Balaban J connectivity index is 2.11. The van der Waals surface area contributed by atoms with Crippen LogP contribution in [0.5, 0.6) is 0 Å². The first kappa shape index (κ1) is 9.22. The first-order chi connectivity index (χ1) is 6.18. The molecule has 0 bridgehead atoms. The monoisotopic (exact) mass is 214 g/mol. The van der Waals surface area contributed by atoms with Crippen LogP contribution in [0.1, 0.15) is 29.4 Å². The van der Waals surface area contributed by atoms with Gasteiger partial charge in [0.1, 0.15) is 0 Å². The van der Waals surface area contributed by atoms with Crippen molar-refractivity contribution in [3.63, 3.8) is 0 Å². The highest BCUT2D eigenvalue weighted by molar-refractivity contribution is 7.18. The Morgan fingerprint density at radius 2 is 2.31 bits per heavy atom. The lowest BCUT2D eigenvalue weighted by Crippen LogP contribution is -2.11. The maximum Gasteiger partial charge on any atom is 0.175 e. The summed E-state index contributed by atoms with van der Waals surface area (Å²) < 4.78 is 0.700. The quantitative estimate of drug-likeness (QED) is 0.703. The van der Waals surface area contributed by atoms with E-state index in [0.717, 1.165) is 4.88 Å². The van der Waals surface area contributed by atoms with Crippen molar-refractivity contribution in [1.29, 1.82) is 0 Å². The molecule has 1 aromatic heterocycles. The van der Waals surface area contributed by atoms with Gasteiger partial charge in [-0.1, -0.05) is 18.5 Å². The van der Waals surface area contributed by atoms with Crippen LogP contribution in [0, 0.1) is 11.8 Å². The lowest BCUT2D eigenvalue weighted by atomic mass is 10.0. The van der Waals surface area contributed by atoms with E-state index in [2.05, 4.69) is 0 Å². The van der Waals surface area contributed by atoms with E-state index in [9.17, 15) is 4.79 Å². The van der Waals surface area contributed by atoms with Crippen LogP contribution in [-0.4, -0.2) is 5.78 Å². The van der Waals surface area contributed by atoms with Gasteiger partial charge in [0.2, 0.25) is 0 Å². The van der Waals surface area contributed by atoms with Gasteiger partial charge in [-0.25, -0.2) is 0 Å². The summed E-state index contributed by atoms with van der Waals surface area (Å²) in [6, 6.07) is 3.62. The molecule has 0 aromatic carbocycles. The molecule has 0 radical (unpaired) electrons. The van der Waals surface area contributed by atoms with Crippen LogP contribution >= 0.6 is 22.9 Å². The second kappa shape index (κ2) is 3.43. The number of Topliss-reactive ketones (excluding diaryl/α,β-unsaturated/α-hetero) is 1. The first-order valence-corrected chi connectivity index (χ1v) is 5.67. The molecule has 1 aromatic rings. The molecule has 1 atom stereocenters. The molecule has 1 fully saturated rings. The molecule has 0 aliphatic heterocycles. The Hall–Kier alpha value is -0.340. The fraction of sp³-hybridized carbons (Fsp3) is 0.500. The van der Waals surface area contributed by atoms with Gasteiger partial charge in [0.15, 0.2) is 5.78 Å². The van der Waals surface area contributed by atoms with Gasteiger partial charge in [0, 0.05) is 5.92 Å². The van der Waals surface area contributed by atoms with E-state index in [-0.39, 0.29) is 11.7 Å². The molecule has 1 heterocycles. The first-order valence-electron chi connectivity index (χ1n) is 4.48. The predicted octanol–water partition coefficient (Wildman–Crippen LogP) is 3.63. The Morgan fingerprint density at radius 1 is 1.62 bits per heavy atom. The van der Waals surface area contributed by atoms with Gasteiger partial charge < -0.3 is 0 Å². The van der Waals surface area contributed by atoms with Crippen molar-refractivity contribution in [2.75, 3.05) is 0 Å². The van der Waals surface area contributed by atoms with Gasteiger partial charge in [-0.2, -0.15) is 0 Å². The van der Waals surface area contributed by atoms with Crippen molar-refractivity contribution >= 4 is 28.7 Å². The highest BCUT2D eigenvalue weighted by Crippen LogP contribution is 2.39. The third-order valence-corrected chi connectivity index (χ3v) is 3.80. The number of ketones is 1. The standard InChI is InChI=1S/C10H11ClOS/c1-6(7-2-3-7)10(12)8-4-5-9(11)13-8/h4-7H,2-3H2,1H3. The number of rotatable bonds is 3. The smallest absolute Gasteiger partial charge is 0.175 e. The summed E-state index contributed by atoms with van der Waals surface area (Å²) >= 11 is 7.16. The molecule has 2 rings (SSSR count). The Kier molecular flexibility index (Phi) is 2.43. The zero-order valence-electron chi connectivity index (χ0n) is 7.42. The van der Waals surface area contributed by atoms with Crippen molar-refractivity contribution in [3.05, 3.63) is 21.3 Å². The zero-order valence-corrected chi connectivity index (χ0v) is 8.99. The zero-order chi connectivity index (χ0) is 9.42. The van der Waals surface area contributed by atoms with Crippen LogP contribution in [0.15, 0.2) is 12.1 Å². The number of carbonyl (C=O) groups excluding carboxylic acids is 1. The van der Waals surface area contributed by atoms with Gasteiger partial charge in [0.05, 0.1) is 9.21 Å². The second-order valence-corrected chi connectivity index (χ2v) is 5.31. The predicted molar refractivity (Wildman–Crippen MR) is 55.5 cm³/mol. The van der Waals surface area contributed by atoms with Gasteiger partial charge in [0.25, 0.3) is 0 Å². The van der Waals surface area contributed by atoms with Crippen molar-refractivity contribution in [3.8, 4) is 0 Å². The number of hydrogen-bond acceptors (Lipinski definition) is 2. The van der Waals surface area contributed by atoms with Crippen molar-refractivity contribution in [2.45, 2.75) is 19.8 Å². The molecule has 0 amide bonds. The van der Waals surface area contributed by atoms with E-state index >= 15 is 0 Å². The highest BCUT2D eigenvalue weighted by Gasteiger charge is 2.33. The minimum Gasteiger partial charge on any atom is -0.293 e. The Labute approximate surface area is 86.7 Å². The maximum atomic E-state index is 11.8. The van der Waals surface area contributed by atoms with Gasteiger partial charge in [-0.15, -0.1) is 11.3 Å². The summed E-state index contributed by atoms with van der Waals surface area (Å²) in [5, 5.41) is 0. The van der Waals surface area contributed by atoms with Gasteiger partial charge in [-0.05, 0) is 30.9 Å². The van der Waals surface area contributed by atoms with Crippen molar-refractivity contribution in [1.82, 2.24) is 0 Å². The minimum absolute atomic E-state index is 0.190. The molecular weight excluding hydrogens is 204 g/mol. The third-order valence-electron chi connectivity index (χ3n) is 2.56. The van der Waals surface area contributed by atoms with E-state index in [1.165, 1.54) is 24.2 Å². The van der Waals surface area contributed by atoms with Crippen LogP contribution in [0.4, 0.5) is 0 Å². The van der Waals surface area contributed by atoms with Crippen molar-refractivity contribution in [2.24, 2.45) is 11.8 Å². The molecule has 13 heavy (non-hydrogen) atoms. The summed E-state index contributed by atoms with van der Waals surface area (Å²) in [4.78, 5) is 12.6. The molecule has 1 unspecified atom stereocenters. The largest absolute Gasteiger partial charge is 0.293 e. The van der Waals surface area contributed by atoms with E-state index in [0.29, 0.717) is 10.3 Å². The molecule has 1 nitrogen and oxygen atoms in total. The maximum absolute atomic E-state index is 11.8. The normalized spacial score (nSPS) is 18.6. The molecule has 0 N–H and O–H groups in total. The SMILES string of the molecule is CC(C(=O)c1ccc(Cl)s1)C1CC1. The molecular formula is C10H11ClOS. The number of halogens is 1. The number of hydrogen-bond donors (Lipinski definition) is 0. The fourth-order valence-electron chi connectivity index (χ4n) is 1.48. The highest BCUT2D eigenvalue weighted by atomic mass is 35.5. The average molecular weight is 215 g/mol. The lowest BCUT2D eigenvalue weighted by Gasteiger charge is -2.05. The van der Waals surface area contributed by atoms with Crippen LogP contribution < -0.4 is 0 Å². The fourth-order valence-corrected chi connectivity index (χ4v) is 2.56. The van der Waals surface area contributed by atoms with Crippen molar-refractivity contribution < 1.29 is 4.79 Å². The lowest BCUT2D eigenvalue weighted by molar-refractivity contribution is 0.0920. The van der Waals surface area contributed by atoms with E-state index in [1.54, 1.807) is 6.07 Å². The molecule has 1 aliphatic rings. The van der Waals surface area contributed by atoms with E-state index < -0.39 is 0 Å². The van der Waals surface area contributed by atoms with Gasteiger partial charge >= 0.3 is 0 Å². The number of thiophene rings is 1. The molecule has 1 aliphatic carbocycles. The summed E-state index contributed by atoms with van der Waals surface area (Å²) in [6.07, 6.45) is 2.43.